The summed E-state index contributed by atoms with van der Waals surface area (Å²) in [7, 11) is 1.88. The van der Waals surface area contributed by atoms with Gasteiger partial charge in [0.2, 0.25) is 0 Å². The Hall–Kier alpha value is -1.69. The van der Waals surface area contributed by atoms with E-state index >= 15 is 0 Å². The van der Waals surface area contributed by atoms with Gasteiger partial charge in [0.1, 0.15) is 12.2 Å². The summed E-state index contributed by atoms with van der Waals surface area (Å²) in [6.45, 7) is 2.85. The number of aromatic nitrogens is 5. The van der Waals surface area contributed by atoms with Crippen molar-refractivity contribution in [2.75, 3.05) is 0 Å². The summed E-state index contributed by atoms with van der Waals surface area (Å²) in [5, 5.41) is 8.22. The molecule has 0 saturated carbocycles. The van der Waals surface area contributed by atoms with Crippen LogP contribution >= 0.6 is 0 Å². The molecule has 16 heavy (non-hydrogen) atoms. The lowest BCUT2D eigenvalue weighted by atomic mass is 10.1. The zero-order valence-corrected chi connectivity index (χ0v) is 9.54. The molecule has 1 atom stereocenters. The van der Waals surface area contributed by atoms with Gasteiger partial charge in [-0.25, -0.2) is 4.98 Å². The van der Waals surface area contributed by atoms with Crippen molar-refractivity contribution < 1.29 is 0 Å². The minimum Gasteiger partial charge on any atom is -0.323 e. The van der Waals surface area contributed by atoms with Gasteiger partial charge in [0.05, 0.1) is 6.20 Å². The molecule has 2 aromatic heterocycles. The highest BCUT2D eigenvalue weighted by molar-refractivity contribution is 5.11. The molecule has 0 aliphatic carbocycles. The molecule has 0 saturated heterocycles. The average Bonchev–Trinajstić information content (AvgIpc) is 2.86. The summed E-state index contributed by atoms with van der Waals surface area (Å²) in [6.07, 6.45) is 5.96. The molecule has 0 aromatic carbocycles. The van der Waals surface area contributed by atoms with Gasteiger partial charge in [0.15, 0.2) is 0 Å². The molecule has 0 fully saturated rings. The van der Waals surface area contributed by atoms with Crippen LogP contribution in [0.15, 0.2) is 18.7 Å². The van der Waals surface area contributed by atoms with Crippen LogP contribution in [0.2, 0.25) is 0 Å². The predicted molar refractivity (Wildman–Crippen MR) is 59.5 cm³/mol. The van der Waals surface area contributed by atoms with Gasteiger partial charge >= 0.3 is 0 Å². The molecular formula is C10H16N6. The summed E-state index contributed by atoms with van der Waals surface area (Å²) in [5.74, 6) is 0.916. The third-order valence-electron chi connectivity index (χ3n) is 2.55. The van der Waals surface area contributed by atoms with Crippen molar-refractivity contribution in [3.8, 4) is 0 Å². The van der Waals surface area contributed by atoms with E-state index in [9.17, 15) is 0 Å². The fraction of sp³-hybridized carbons (Fsp3) is 0.500. The molecule has 2 rings (SSSR count). The third-order valence-corrected chi connectivity index (χ3v) is 2.55. The molecular weight excluding hydrogens is 204 g/mol. The maximum Gasteiger partial charge on any atom is 0.138 e. The van der Waals surface area contributed by atoms with Crippen LogP contribution < -0.4 is 5.73 Å². The first-order valence-electron chi connectivity index (χ1n) is 5.31. The molecule has 6 heteroatoms. The smallest absolute Gasteiger partial charge is 0.138 e. The first-order chi connectivity index (χ1) is 7.70. The molecule has 0 radical (unpaired) electrons. The van der Waals surface area contributed by atoms with Crippen LogP contribution in [-0.2, 0) is 20.0 Å². The summed E-state index contributed by atoms with van der Waals surface area (Å²) in [6, 6.07) is -0.0804. The standard InChI is InChI=1S/C10H16N6/c1-3-16-10(12-7-14-16)4-9(11)8-5-13-15(2)6-8/h5-7,9H,3-4,11H2,1-2H3. The molecule has 0 spiro atoms. The van der Waals surface area contributed by atoms with Crippen LogP contribution in [0.5, 0.6) is 0 Å². The van der Waals surface area contributed by atoms with Gasteiger partial charge in [-0.15, -0.1) is 0 Å². The minimum atomic E-state index is -0.0804. The Balaban J connectivity index is 2.10. The van der Waals surface area contributed by atoms with Crippen molar-refractivity contribution in [2.45, 2.75) is 25.9 Å². The number of hydrogen-bond acceptors (Lipinski definition) is 4. The average molecular weight is 220 g/mol. The van der Waals surface area contributed by atoms with E-state index in [0.29, 0.717) is 6.42 Å². The normalized spacial score (nSPS) is 12.9. The van der Waals surface area contributed by atoms with Crippen molar-refractivity contribution in [1.82, 2.24) is 24.5 Å². The fourth-order valence-corrected chi connectivity index (χ4v) is 1.66. The number of nitrogens with zero attached hydrogens (tertiary/aromatic N) is 5. The Morgan fingerprint density at radius 3 is 2.88 bits per heavy atom. The van der Waals surface area contributed by atoms with E-state index in [4.69, 9.17) is 5.73 Å². The number of rotatable bonds is 4. The summed E-state index contributed by atoms with van der Waals surface area (Å²) in [4.78, 5) is 4.20. The number of nitrogens with two attached hydrogens (primary N) is 1. The second-order valence-corrected chi connectivity index (χ2v) is 3.75. The Morgan fingerprint density at radius 1 is 1.44 bits per heavy atom. The second-order valence-electron chi connectivity index (χ2n) is 3.75. The maximum atomic E-state index is 6.09. The van der Waals surface area contributed by atoms with Crippen molar-refractivity contribution >= 4 is 0 Å². The van der Waals surface area contributed by atoms with E-state index < -0.39 is 0 Å². The van der Waals surface area contributed by atoms with E-state index in [2.05, 4.69) is 15.2 Å². The summed E-state index contributed by atoms with van der Waals surface area (Å²) < 4.78 is 3.61. The maximum absolute atomic E-state index is 6.09. The molecule has 1 unspecified atom stereocenters. The Labute approximate surface area is 94.1 Å². The van der Waals surface area contributed by atoms with E-state index in [0.717, 1.165) is 17.9 Å². The van der Waals surface area contributed by atoms with Crippen LogP contribution in [-0.4, -0.2) is 24.5 Å². The highest BCUT2D eigenvalue weighted by Gasteiger charge is 2.12. The van der Waals surface area contributed by atoms with Gasteiger partial charge in [0.25, 0.3) is 0 Å². The van der Waals surface area contributed by atoms with Crippen molar-refractivity contribution in [3.05, 3.63) is 30.1 Å². The molecule has 0 amide bonds. The lowest BCUT2D eigenvalue weighted by molar-refractivity contribution is 0.581. The molecule has 2 N–H and O–H groups in total. The molecule has 86 valence electrons. The summed E-state index contributed by atoms with van der Waals surface area (Å²) in [5.41, 5.74) is 7.11. The highest BCUT2D eigenvalue weighted by atomic mass is 15.3. The van der Waals surface area contributed by atoms with E-state index in [1.165, 1.54) is 0 Å². The molecule has 2 heterocycles. The SMILES string of the molecule is CCn1ncnc1CC(N)c1cnn(C)c1. The van der Waals surface area contributed by atoms with Crippen molar-refractivity contribution in [1.29, 1.82) is 0 Å². The van der Waals surface area contributed by atoms with Crippen LogP contribution in [0, 0.1) is 0 Å². The lowest BCUT2D eigenvalue weighted by Crippen LogP contribution is -2.16. The van der Waals surface area contributed by atoms with E-state index in [1.54, 1.807) is 17.2 Å². The van der Waals surface area contributed by atoms with Gasteiger partial charge in [-0.1, -0.05) is 0 Å². The zero-order chi connectivity index (χ0) is 11.5. The molecule has 0 aliphatic heterocycles. The van der Waals surface area contributed by atoms with Gasteiger partial charge in [0, 0.05) is 37.8 Å². The van der Waals surface area contributed by atoms with Crippen LogP contribution in [0.1, 0.15) is 24.4 Å². The Morgan fingerprint density at radius 2 is 2.25 bits per heavy atom. The quantitative estimate of drug-likeness (QED) is 0.802. The van der Waals surface area contributed by atoms with E-state index in [-0.39, 0.29) is 6.04 Å². The van der Waals surface area contributed by atoms with Crippen LogP contribution in [0.25, 0.3) is 0 Å². The van der Waals surface area contributed by atoms with Crippen molar-refractivity contribution in [3.63, 3.8) is 0 Å². The molecule has 0 bridgehead atoms. The van der Waals surface area contributed by atoms with Gasteiger partial charge in [-0.05, 0) is 6.92 Å². The minimum absolute atomic E-state index is 0.0804. The monoisotopic (exact) mass is 220 g/mol. The van der Waals surface area contributed by atoms with Crippen molar-refractivity contribution in [2.24, 2.45) is 12.8 Å². The lowest BCUT2D eigenvalue weighted by Gasteiger charge is -2.09. The largest absolute Gasteiger partial charge is 0.323 e. The zero-order valence-electron chi connectivity index (χ0n) is 9.54. The summed E-state index contributed by atoms with van der Waals surface area (Å²) >= 11 is 0. The highest BCUT2D eigenvalue weighted by Crippen LogP contribution is 2.13. The first kappa shape index (κ1) is 10.8. The number of aryl methyl sites for hydroxylation is 2. The molecule has 0 aliphatic rings. The van der Waals surface area contributed by atoms with Gasteiger partial charge < -0.3 is 5.73 Å². The molecule has 2 aromatic rings. The topological polar surface area (TPSA) is 74.6 Å². The molecule has 6 nitrogen and oxygen atoms in total. The first-order valence-corrected chi connectivity index (χ1v) is 5.31. The Bertz CT molecular complexity index is 457. The fourth-order valence-electron chi connectivity index (χ4n) is 1.66. The second kappa shape index (κ2) is 4.44. The van der Waals surface area contributed by atoms with Gasteiger partial charge in [-0.2, -0.15) is 10.2 Å². The van der Waals surface area contributed by atoms with Crippen LogP contribution in [0.3, 0.4) is 0 Å². The predicted octanol–water partition coefficient (Wildman–Crippen LogP) is 0.274. The van der Waals surface area contributed by atoms with E-state index in [1.807, 2.05) is 24.9 Å². The Kier molecular flexibility index (Phi) is 3.00. The third kappa shape index (κ3) is 2.11. The number of hydrogen-bond donors (Lipinski definition) is 1. The van der Waals surface area contributed by atoms with Gasteiger partial charge in [-0.3, -0.25) is 9.36 Å². The van der Waals surface area contributed by atoms with Crippen LogP contribution in [0.4, 0.5) is 0 Å².